The zero-order chi connectivity index (χ0) is 7.68. The Morgan fingerprint density at radius 2 is 2.36 bits per heavy atom. The van der Waals surface area contributed by atoms with E-state index in [0.29, 0.717) is 5.82 Å². The Balaban J connectivity index is 2.81. The van der Waals surface area contributed by atoms with E-state index in [4.69, 9.17) is 6.57 Å². The molecule has 0 spiro atoms. The van der Waals surface area contributed by atoms with Crippen LogP contribution in [0.1, 0.15) is 0 Å². The van der Waals surface area contributed by atoms with E-state index in [1.165, 1.54) is 0 Å². The van der Waals surface area contributed by atoms with Gasteiger partial charge in [0.2, 0.25) is 5.65 Å². The fourth-order valence-corrected chi connectivity index (χ4v) is 0.975. The maximum absolute atomic E-state index is 6.73. The summed E-state index contributed by atoms with van der Waals surface area (Å²) in [4.78, 5) is 7.27. The molecule has 0 fully saturated rings. The van der Waals surface area contributed by atoms with Gasteiger partial charge in [-0.1, -0.05) is 12.6 Å². The minimum absolute atomic E-state index is 0.441. The van der Waals surface area contributed by atoms with Gasteiger partial charge in [-0.3, -0.25) is 4.40 Å². The number of pyridine rings is 1. The van der Waals surface area contributed by atoms with Gasteiger partial charge in [-0.15, -0.1) is 4.98 Å². The summed E-state index contributed by atoms with van der Waals surface area (Å²) in [5.41, 5.74) is 0.818. The molecule has 2 aromatic rings. The van der Waals surface area contributed by atoms with Crippen molar-refractivity contribution in [3.63, 3.8) is 0 Å². The topological polar surface area (TPSA) is 21.7 Å². The van der Waals surface area contributed by atoms with Crippen LogP contribution in [-0.4, -0.2) is 9.38 Å². The maximum Gasteiger partial charge on any atom is 0.288 e. The number of hydrogen-bond acceptors (Lipinski definition) is 1. The van der Waals surface area contributed by atoms with Crippen LogP contribution >= 0.6 is 0 Å². The molecule has 0 saturated heterocycles. The quantitative estimate of drug-likeness (QED) is 0.516. The van der Waals surface area contributed by atoms with Gasteiger partial charge in [0, 0.05) is 18.5 Å². The summed E-state index contributed by atoms with van der Waals surface area (Å²) in [5, 5.41) is 0. The molecule has 2 rings (SSSR count). The second kappa shape index (κ2) is 2.10. The lowest BCUT2D eigenvalue weighted by Gasteiger charge is -1.83. The van der Waals surface area contributed by atoms with Crippen molar-refractivity contribution in [3.05, 3.63) is 42.0 Å². The lowest BCUT2D eigenvalue weighted by molar-refractivity contribution is 1.19. The molecular formula is C8H5N3. The van der Waals surface area contributed by atoms with Crippen LogP contribution in [0.15, 0.2) is 30.6 Å². The van der Waals surface area contributed by atoms with Crippen molar-refractivity contribution in [1.29, 1.82) is 0 Å². The van der Waals surface area contributed by atoms with E-state index in [-0.39, 0.29) is 0 Å². The molecule has 0 aliphatic heterocycles. The van der Waals surface area contributed by atoms with Gasteiger partial charge in [-0.2, -0.15) is 0 Å². The molecule has 0 aromatic carbocycles. The highest BCUT2D eigenvalue weighted by atomic mass is 15.0. The van der Waals surface area contributed by atoms with Crippen molar-refractivity contribution in [2.45, 2.75) is 0 Å². The first-order valence-electron chi connectivity index (χ1n) is 3.21. The van der Waals surface area contributed by atoms with Crippen LogP contribution < -0.4 is 0 Å². The first-order chi connectivity index (χ1) is 5.40. The minimum Gasteiger partial charge on any atom is -0.359 e. The summed E-state index contributed by atoms with van der Waals surface area (Å²) >= 11 is 0. The van der Waals surface area contributed by atoms with Gasteiger partial charge >= 0.3 is 0 Å². The van der Waals surface area contributed by atoms with E-state index < -0.39 is 0 Å². The van der Waals surface area contributed by atoms with Crippen molar-refractivity contribution in [2.75, 3.05) is 0 Å². The monoisotopic (exact) mass is 143 g/mol. The molecule has 11 heavy (non-hydrogen) atoms. The summed E-state index contributed by atoms with van der Waals surface area (Å²) < 4.78 is 1.83. The van der Waals surface area contributed by atoms with Crippen LogP contribution in [0.4, 0.5) is 5.82 Å². The van der Waals surface area contributed by atoms with Gasteiger partial charge in [-0.05, 0) is 6.07 Å². The Labute approximate surface area is 63.7 Å². The van der Waals surface area contributed by atoms with E-state index in [9.17, 15) is 0 Å². The smallest absolute Gasteiger partial charge is 0.288 e. The first kappa shape index (κ1) is 5.93. The van der Waals surface area contributed by atoms with Gasteiger partial charge < -0.3 is 4.85 Å². The Morgan fingerprint density at radius 3 is 3.09 bits per heavy atom. The standard InChI is InChI=1S/C8H5N3/c1-9-7-6-11-5-3-2-4-8(11)10-7/h2-6H. The summed E-state index contributed by atoms with van der Waals surface area (Å²) in [6.07, 6.45) is 3.58. The molecule has 0 aliphatic carbocycles. The summed E-state index contributed by atoms with van der Waals surface area (Å²) in [6.45, 7) is 6.73. The lowest BCUT2D eigenvalue weighted by atomic mass is 10.5. The highest BCUT2D eigenvalue weighted by Gasteiger charge is 1.99. The number of hydrogen-bond donors (Lipinski definition) is 0. The lowest BCUT2D eigenvalue weighted by Crippen LogP contribution is -1.77. The molecule has 0 amide bonds. The molecule has 3 nitrogen and oxygen atoms in total. The summed E-state index contributed by atoms with van der Waals surface area (Å²) in [7, 11) is 0. The molecule has 0 bridgehead atoms. The highest BCUT2D eigenvalue weighted by Crippen LogP contribution is 2.10. The van der Waals surface area contributed by atoms with Gasteiger partial charge in [0.15, 0.2) is 0 Å². The molecule has 0 aliphatic rings. The highest BCUT2D eigenvalue weighted by molar-refractivity contribution is 5.48. The molecule has 0 atom stereocenters. The predicted molar refractivity (Wildman–Crippen MR) is 41.5 cm³/mol. The Hall–Kier alpha value is -1.82. The van der Waals surface area contributed by atoms with Gasteiger partial charge in [0.05, 0.1) is 0 Å². The molecule has 0 unspecified atom stereocenters. The SMILES string of the molecule is [C-]#[N+]c1cn2ccccc2n1. The van der Waals surface area contributed by atoms with Crippen LogP contribution in [0.2, 0.25) is 0 Å². The molecule has 0 saturated carbocycles. The summed E-state index contributed by atoms with van der Waals surface area (Å²) in [6, 6.07) is 5.67. The fraction of sp³-hybridized carbons (Fsp3) is 0. The second-order valence-corrected chi connectivity index (χ2v) is 2.18. The third kappa shape index (κ3) is 0.849. The summed E-state index contributed by atoms with van der Waals surface area (Å²) in [5.74, 6) is 0.441. The van der Waals surface area contributed by atoms with E-state index in [1.54, 1.807) is 6.20 Å². The number of nitrogens with zero attached hydrogens (tertiary/aromatic N) is 3. The fourth-order valence-electron chi connectivity index (χ4n) is 0.975. The molecular weight excluding hydrogens is 138 g/mol. The van der Waals surface area contributed by atoms with E-state index in [0.717, 1.165) is 5.65 Å². The largest absolute Gasteiger partial charge is 0.359 e. The van der Waals surface area contributed by atoms with Gasteiger partial charge in [0.25, 0.3) is 5.82 Å². The minimum atomic E-state index is 0.441. The maximum atomic E-state index is 6.73. The molecule has 0 radical (unpaired) electrons. The van der Waals surface area contributed by atoms with Crippen molar-refractivity contribution >= 4 is 11.5 Å². The average Bonchev–Trinajstić information content (AvgIpc) is 2.46. The predicted octanol–water partition coefficient (Wildman–Crippen LogP) is 1.89. The Bertz CT molecular complexity index is 389. The molecule has 0 N–H and O–H groups in total. The van der Waals surface area contributed by atoms with Gasteiger partial charge in [-0.25, -0.2) is 0 Å². The van der Waals surface area contributed by atoms with E-state index in [2.05, 4.69) is 9.83 Å². The van der Waals surface area contributed by atoms with Gasteiger partial charge in [0.1, 0.15) is 0 Å². The van der Waals surface area contributed by atoms with Crippen molar-refractivity contribution < 1.29 is 0 Å². The number of fused-ring (bicyclic) bond motifs is 1. The van der Waals surface area contributed by atoms with E-state index >= 15 is 0 Å². The number of aromatic nitrogens is 2. The van der Waals surface area contributed by atoms with Crippen LogP contribution in [-0.2, 0) is 0 Å². The Morgan fingerprint density at radius 1 is 1.45 bits per heavy atom. The number of imidazole rings is 1. The molecule has 3 heteroatoms. The molecule has 2 heterocycles. The van der Waals surface area contributed by atoms with Crippen LogP contribution in [0.25, 0.3) is 10.5 Å². The first-order valence-corrected chi connectivity index (χ1v) is 3.21. The zero-order valence-electron chi connectivity index (χ0n) is 5.73. The van der Waals surface area contributed by atoms with Crippen molar-refractivity contribution in [1.82, 2.24) is 9.38 Å². The molecule has 52 valence electrons. The van der Waals surface area contributed by atoms with Crippen LogP contribution in [0, 0.1) is 6.57 Å². The van der Waals surface area contributed by atoms with Crippen LogP contribution in [0.5, 0.6) is 0 Å². The normalized spacial score (nSPS) is 9.73. The zero-order valence-corrected chi connectivity index (χ0v) is 5.73. The third-order valence-corrected chi connectivity index (χ3v) is 1.47. The Kier molecular flexibility index (Phi) is 1.13. The second-order valence-electron chi connectivity index (χ2n) is 2.18. The van der Waals surface area contributed by atoms with Crippen LogP contribution in [0.3, 0.4) is 0 Å². The van der Waals surface area contributed by atoms with Crippen molar-refractivity contribution in [2.24, 2.45) is 0 Å². The average molecular weight is 143 g/mol. The van der Waals surface area contributed by atoms with Crippen molar-refractivity contribution in [3.8, 4) is 0 Å². The third-order valence-electron chi connectivity index (χ3n) is 1.47. The molecule has 2 aromatic heterocycles. The number of rotatable bonds is 0. The van der Waals surface area contributed by atoms with E-state index in [1.807, 2.05) is 28.8 Å².